The van der Waals surface area contributed by atoms with E-state index in [1.807, 2.05) is 0 Å². The molecular weight excluding hydrogens is 562 g/mol. The summed E-state index contributed by atoms with van der Waals surface area (Å²) < 4.78 is 54.2. The molecule has 13 nitrogen and oxygen atoms in total. The second-order valence-electron chi connectivity index (χ2n) is 8.46. The highest BCUT2D eigenvalue weighted by molar-refractivity contribution is 7.49. The second kappa shape index (κ2) is 12.9. The largest absolute Gasteiger partial charge is 0.530 e. The number of ether oxygens (including phenoxy) is 2. The van der Waals surface area contributed by atoms with Crippen LogP contribution < -0.4 is 15.9 Å². The third-order valence-electron chi connectivity index (χ3n) is 5.08. The predicted octanol–water partition coefficient (Wildman–Crippen LogP) is 1.99. The molecule has 0 aliphatic carbocycles. The van der Waals surface area contributed by atoms with Gasteiger partial charge in [0.1, 0.15) is 30.4 Å². The molecule has 0 bridgehead atoms. The number of halogens is 2. The highest BCUT2D eigenvalue weighted by Gasteiger charge is 2.57. The lowest BCUT2D eigenvalue weighted by atomic mass is 9.99. The van der Waals surface area contributed by atoms with Crippen molar-refractivity contribution in [2.75, 3.05) is 19.0 Å². The molecular formula is C23H27ClFN4O9P. The van der Waals surface area contributed by atoms with Gasteiger partial charge in [-0.05, 0) is 32.9 Å². The number of esters is 1. The van der Waals surface area contributed by atoms with E-state index in [0.29, 0.717) is 4.68 Å². The van der Waals surface area contributed by atoms with Crippen molar-refractivity contribution in [1.29, 1.82) is 0 Å². The average molecular weight is 589 g/mol. The van der Waals surface area contributed by atoms with Crippen LogP contribution in [0, 0.1) is 11.8 Å². The van der Waals surface area contributed by atoms with E-state index in [4.69, 9.17) is 40.4 Å². The van der Waals surface area contributed by atoms with Crippen molar-refractivity contribution in [2.24, 2.45) is 0 Å². The van der Waals surface area contributed by atoms with Crippen LogP contribution in [-0.4, -0.2) is 68.4 Å². The third-order valence-corrected chi connectivity index (χ3v) is 7.06. The Hall–Kier alpha value is -3.05. The molecule has 6 atom stereocenters. The predicted molar refractivity (Wildman–Crippen MR) is 135 cm³/mol. The fourth-order valence-corrected chi connectivity index (χ4v) is 5.06. The number of benzene rings is 1. The van der Waals surface area contributed by atoms with Gasteiger partial charge in [-0.1, -0.05) is 41.6 Å². The fraction of sp³-hybridized carbons (Fsp3) is 0.478. The number of para-hydroxylation sites is 1. The zero-order valence-corrected chi connectivity index (χ0v) is 22.8. The number of nitrogens with zero attached hydrogens (tertiary/aromatic N) is 3. The fourth-order valence-electron chi connectivity index (χ4n) is 3.37. The molecule has 0 radical (unpaired) electrons. The number of carbonyl (C=O) groups is 1. The van der Waals surface area contributed by atoms with Crippen molar-refractivity contribution in [3.8, 4) is 17.6 Å². The number of carbonyl (C=O) groups excluding carboxylic acids is 1. The lowest BCUT2D eigenvalue weighted by Gasteiger charge is -2.25. The molecule has 3 N–H and O–H groups in total. The van der Waals surface area contributed by atoms with Gasteiger partial charge in [0.2, 0.25) is 0 Å². The van der Waals surface area contributed by atoms with Gasteiger partial charge in [-0.2, -0.15) is 14.8 Å². The highest BCUT2D eigenvalue weighted by atomic mass is 35.5. The molecule has 3 rings (SSSR count). The van der Waals surface area contributed by atoms with Crippen LogP contribution in [0.2, 0.25) is 0 Å². The second-order valence-corrected chi connectivity index (χ2v) is 10.6. The summed E-state index contributed by atoms with van der Waals surface area (Å²) in [6.07, 6.45) is -5.55. The van der Waals surface area contributed by atoms with Crippen LogP contribution in [0.15, 0.2) is 41.3 Å². The number of alkyl halides is 2. The van der Waals surface area contributed by atoms with E-state index in [0.717, 1.165) is 6.20 Å². The first kappa shape index (κ1) is 30.5. The van der Waals surface area contributed by atoms with Crippen LogP contribution in [0.1, 0.15) is 27.0 Å². The molecule has 212 valence electrons. The number of rotatable bonds is 10. The van der Waals surface area contributed by atoms with Crippen LogP contribution in [0.25, 0.3) is 0 Å². The summed E-state index contributed by atoms with van der Waals surface area (Å²) in [4.78, 5) is 26.1. The minimum atomic E-state index is -4.59. The van der Waals surface area contributed by atoms with Crippen LogP contribution in [0.3, 0.4) is 0 Å². The molecule has 1 aromatic heterocycles. The molecule has 39 heavy (non-hydrogen) atoms. The van der Waals surface area contributed by atoms with Crippen LogP contribution >= 0.6 is 19.4 Å². The first-order valence-corrected chi connectivity index (χ1v) is 13.4. The summed E-state index contributed by atoms with van der Waals surface area (Å²) >= 11 is 6.54. The van der Waals surface area contributed by atoms with Crippen molar-refractivity contribution in [3.05, 3.63) is 47.0 Å². The number of phosphoric acid groups is 1. The molecule has 2 aromatic rings. The summed E-state index contributed by atoms with van der Waals surface area (Å²) in [7, 11) is -4.59. The van der Waals surface area contributed by atoms with Crippen molar-refractivity contribution >= 4 is 31.2 Å². The Morgan fingerprint density at radius 1 is 1.36 bits per heavy atom. The van der Waals surface area contributed by atoms with Gasteiger partial charge < -0.3 is 24.8 Å². The monoisotopic (exact) mass is 588 g/mol. The maximum absolute atomic E-state index is 13.6. The van der Waals surface area contributed by atoms with Gasteiger partial charge >= 0.3 is 19.5 Å². The van der Waals surface area contributed by atoms with Crippen molar-refractivity contribution in [3.63, 3.8) is 0 Å². The Labute approximate surface area is 227 Å². The number of hydrogen-bond donors (Lipinski definition) is 2. The smallest absolute Gasteiger partial charge is 0.461 e. The summed E-state index contributed by atoms with van der Waals surface area (Å²) in [5.74, 6) is 3.50. The lowest BCUT2D eigenvalue weighted by molar-refractivity contribution is -0.156. The van der Waals surface area contributed by atoms with Gasteiger partial charge in [-0.25, -0.2) is 18.5 Å². The molecule has 1 fully saturated rings. The molecule has 1 aliphatic heterocycles. The van der Waals surface area contributed by atoms with Gasteiger partial charge in [0.15, 0.2) is 17.2 Å². The van der Waals surface area contributed by atoms with Gasteiger partial charge in [-0.15, -0.1) is 0 Å². The zero-order valence-electron chi connectivity index (χ0n) is 21.1. The number of aliphatic hydroxyl groups is 1. The summed E-state index contributed by atoms with van der Waals surface area (Å²) in [5.41, 5.74) is 4.49. The van der Waals surface area contributed by atoms with Gasteiger partial charge in [0.25, 0.3) is 0 Å². The Morgan fingerprint density at radius 2 is 2.05 bits per heavy atom. The van der Waals surface area contributed by atoms with Crippen molar-refractivity contribution in [1.82, 2.24) is 14.8 Å². The molecule has 1 aromatic carbocycles. The van der Waals surface area contributed by atoms with Crippen LogP contribution in [0.4, 0.5) is 10.2 Å². The number of aromatic nitrogens is 3. The van der Waals surface area contributed by atoms with E-state index >= 15 is 0 Å². The Bertz CT molecular complexity index is 1320. The van der Waals surface area contributed by atoms with Crippen molar-refractivity contribution in [2.45, 2.75) is 56.3 Å². The number of aliphatic hydroxyl groups excluding tert-OH is 1. The van der Waals surface area contributed by atoms with E-state index in [9.17, 15) is 23.7 Å². The zero-order chi connectivity index (χ0) is 28.8. The number of hydrogen-bond acceptors (Lipinski definition) is 12. The van der Waals surface area contributed by atoms with E-state index in [1.54, 1.807) is 32.0 Å². The lowest BCUT2D eigenvalue weighted by Crippen LogP contribution is -2.44. The Morgan fingerprint density at radius 3 is 2.67 bits per heavy atom. The third kappa shape index (κ3) is 7.54. The van der Waals surface area contributed by atoms with Gasteiger partial charge in [0.05, 0.1) is 18.9 Å². The van der Waals surface area contributed by atoms with Crippen LogP contribution in [-0.2, 0) is 27.9 Å². The van der Waals surface area contributed by atoms with Crippen molar-refractivity contribution < 1.29 is 41.9 Å². The SMILES string of the molecule is CC(C)OC(=O)[C@H](C)O[P@](=O)(OC[C@H]1O[C@@H](n2ncc(N)nc2=O)C(Cl)(C#CCF)[C@H]1O)Oc1ccccc1. The molecule has 16 heteroatoms. The molecule has 1 saturated heterocycles. The van der Waals surface area contributed by atoms with E-state index in [-0.39, 0.29) is 11.6 Å². The Kier molecular flexibility index (Phi) is 10.1. The summed E-state index contributed by atoms with van der Waals surface area (Å²) in [6, 6.07) is 7.82. The topological polar surface area (TPSA) is 174 Å². The first-order valence-electron chi connectivity index (χ1n) is 11.6. The minimum absolute atomic E-state index is 0.0835. The molecule has 2 heterocycles. The van der Waals surface area contributed by atoms with E-state index in [1.165, 1.54) is 19.1 Å². The molecule has 0 amide bonds. The first-order chi connectivity index (χ1) is 18.4. The quantitative estimate of drug-likeness (QED) is 0.179. The summed E-state index contributed by atoms with van der Waals surface area (Å²) in [5, 5.41) is 14.8. The Balaban J connectivity index is 1.88. The van der Waals surface area contributed by atoms with Gasteiger partial charge in [-0.3, -0.25) is 9.05 Å². The number of anilines is 1. The minimum Gasteiger partial charge on any atom is -0.461 e. The standard InChI is InChI=1S/C23H27ClFN4O9P/c1-14(2)35-20(31)15(3)37-39(33,38-16-8-5-4-6-9-16)34-13-17-19(30)23(24,10-7-11-25)21(36-17)29-22(32)28-18(26)12-27-29/h4-6,8-9,12,14-15,17,19,21,30H,11,13H2,1-3H3,(H2,26,28,32)/t15-,17+,19-,21+,23?,39-/m0/s1. The van der Waals surface area contributed by atoms with E-state index < -0.39 is 68.3 Å². The number of nitrogen functional groups attached to an aromatic ring is 1. The normalized spacial score (nSPS) is 24.8. The molecule has 1 aliphatic rings. The maximum atomic E-state index is 13.6. The number of phosphoric ester groups is 1. The maximum Gasteiger partial charge on any atom is 0.530 e. The van der Waals surface area contributed by atoms with Crippen LogP contribution in [0.5, 0.6) is 5.75 Å². The van der Waals surface area contributed by atoms with E-state index in [2.05, 4.69) is 21.9 Å². The van der Waals surface area contributed by atoms with Gasteiger partial charge in [0, 0.05) is 0 Å². The number of nitrogens with two attached hydrogens (primary N) is 1. The average Bonchev–Trinajstić information content (AvgIpc) is 3.11. The molecule has 1 unspecified atom stereocenters. The highest BCUT2D eigenvalue weighted by Crippen LogP contribution is 2.52. The molecule has 0 spiro atoms. The summed E-state index contributed by atoms with van der Waals surface area (Å²) in [6.45, 7) is 2.72. The molecule has 0 saturated carbocycles.